The number of nitrogens with zero attached hydrogens (tertiary/aromatic N) is 2. The van der Waals surface area contributed by atoms with Crippen molar-refractivity contribution in [1.82, 2.24) is 9.71 Å². The molecule has 2 aromatic rings. The predicted octanol–water partition coefficient (Wildman–Crippen LogP) is 3.58. The monoisotopic (exact) mass is 411 g/mol. The molecule has 0 saturated carbocycles. The minimum absolute atomic E-state index is 0.336. The molecule has 3 rings (SSSR count). The largest absolute Gasteiger partial charge is 0.417 e. The van der Waals surface area contributed by atoms with Crippen LogP contribution in [0.2, 0.25) is 0 Å². The molecule has 0 aliphatic carbocycles. The van der Waals surface area contributed by atoms with Gasteiger partial charge in [-0.1, -0.05) is 29.8 Å². The van der Waals surface area contributed by atoms with Gasteiger partial charge in [0.15, 0.2) is 0 Å². The van der Waals surface area contributed by atoms with Gasteiger partial charge in [0.25, 0.3) is 0 Å². The van der Waals surface area contributed by atoms with E-state index in [4.69, 9.17) is 0 Å². The SMILES string of the molecule is Cc1ccc(/C=C/S(=O)(=O)NC2CCN(c3ccc(C(F)(F)F)cn3)C2)cc1. The van der Waals surface area contributed by atoms with Crippen molar-refractivity contribution in [3.63, 3.8) is 0 Å². The molecule has 1 atom stereocenters. The van der Waals surface area contributed by atoms with Crippen molar-refractivity contribution in [3.8, 4) is 0 Å². The van der Waals surface area contributed by atoms with Crippen LogP contribution in [0.4, 0.5) is 19.0 Å². The van der Waals surface area contributed by atoms with Crippen LogP contribution in [0.25, 0.3) is 6.08 Å². The molecule has 1 aromatic carbocycles. The lowest BCUT2D eigenvalue weighted by molar-refractivity contribution is -0.137. The second-order valence-electron chi connectivity index (χ2n) is 6.71. The summed E-state index contributed by atoms with van der Waals surface area (Å²) in [6, 6.07) is 9.39. The maximum absolute atomic E-state index is 12.6. The van der Waals surface area contributed by atoms with E-state index < -0.39 is 21.8 Å². The standard InChI is InChI=1S/C19H20F3N3O2S/c1-14-2-4-15(5-3-14)9-11-28(26,27)24-17-8-10-25(13-17)18-7-6-16(12-23-18)19(20,21)22/h2-7,9,11-12,17,24H,8,10,13H2,1H3/b11-9+. The Labute approximate surface area is 161 Å². The fraction of sp³-hybridized carbons (Fsp3) is 0.316. The van der Waals surface area contributed by atoms with Crippen LogP contribution in [0.5, 0.6) is 0 Å². The minimum atomic E-state index is -4.43. The van der Waals surface area contributed by atoms with E-state index in [0.29, 0.717) is 25.3 Å². The number of pyridine rings is 1. The summed E-state index contributed by atoms with van der Waals surface area (Å²) in [5.41, 5.74) is 1.05. The van der Waals surface area contributed by atoms with Crippen LogP contribution in [-0.2, 0) is 16.2 Å². The summed E-state index contributed by atoms with van der Waals surface area (Å²) in [7, 11) is -3.63. The number of sulfonamides is 1. The number of rotatable bonds is 5. The van der Waals surface area contributed by atoms with Gasteiger partial charge in [0.05, 0.1) is 5.56 Å². The molecular weight excluding hydrogens is 391 g/mol. The van der Waals surface area contributed by atoms with Gasteiger partial charge < -0.3 is 4.90 Å². The first-order valence-electron chi connectivity index (χ1n) is 8.68. The fourth-order valence-electron chi connectivity index (χ4n) is 2.92. The van der Waals surface area contributed by atoms with Crippen LogP contribution < -0.4 is 9.62 Å². The van der Waals surface area contributed by atoms with Crippen LogP contribution in [0.1, 0.15) is 23.1 Å². The number of alkyl halides is 3. The Bertz CT molecular complexity index is 940. The maximum atomic E-state index is 12.6. The van der Waals surface area contributed by atoms with E-state index in [1.165, 1.54) is 12.1 Å². The van der Waals surface area contributed by atoms with Gasteiger partial charge in [-0.2, -0.15) is 13.2 Å². The molecule has 1 N–H and O–H groups in total. The Hall–Kier alpha value is -2.39. The number of anilines is 1. The molecule has 2 heterocycles. The van der Waals surface area contributed by atoms with Gasteiger partial charge in [0.1, 0.15) is 5.82 Å². The summed E-state index contributed by atoms with van der Waals surface area (Å²) >= 11 is 0. The van der Waals surface area contributed by atoms with Gasteiger partial charge in [0.2, 0.25) is 10.0 Å². The normalized spacial score (nSPS) is 18.1. The summed E-state index contributed by atoms with van der Waals surface area (Å²) in [4.78, 5) is 5.62. The third kappa shape index (κ3) is 5.32. The average Bonchev–Trinajstić information content (AvgIpc) is 3.08. The lowest BCUT2D eigenvalue weighted by Crippen LogP contribution is -2.36. The summed E-state index contributed by atoms with van der Waals surface area (Å²) in [5.74, 6) is 0.393. The number of aromatic nitrogens is 1. The number of nitrogens with one attached hydrogen (secondary N) is 1. The molecule has 9 heteroatoms. The zero-order valence-electron chi connectivity index (χ0n) is 15.1. The number of halogens is 3. The number of hydrogen-bond acceptors (Lipinski definition) is 4. The second-order valence-corrected chi connectivity index (χ2v) is 8.31. The summed E-state index contributed by atoms with van der Waals surface area (Å²) in [6.07, 6.45) is -1.58. The lowest BCUT2D eigenvalue weighted by atomic mass is 10.2. The van der Waals surface area contributed by atoms with E-state index in [-0.39, 0.29) is 6.04 Å². The smallest absolute Gasteiger partial charge is 0.355 e. The van der Waals surface area contributed by atoms with Crippen molar-refractivity contribution >= 4 is 21.9 Å². The first-order chi connectivity index (χ1) is 13.1. The molecule has 0 spiro atoms. The maximum Gasteiger partial charge on any atom is 0.417 e. The number of benzene rings is 1. The molecule has 0 radical (unpaired) electrons. The number of hydrogen-bond donors (Lipinski definition) is 1. The van der Waals surface area contributed by atoms with Gasteiger partial charge in [-0.15, -0.1) is 0 Å². The Morgan fingerprint density at radius 2 is 1.89 bits per heavy atom. The lowest BCUT2D eigenvalue weighted by Gasteiger charge is -2.18. The molecule has 1 aliphatic heterocycles. The van der Waals surface area contributed by atoms with Crippen molar-refractivity contribution in [1.29, 1.82) is 0 Å². The fourth-order valence-corrected chi connectivity index (χ4v) is 3.99. The Morgan fingerprint density at radius 1 is 1.18 bits per heavy atom. The van der Waals surface area contributed by atoms with E-state index >= 15 is 0 Å². The molecule has 28 heavy (non-hydrogen) atoms. The van der Waals surface area contributed by atoms with Gasteiger partial charge in [0, 0.05) is 30.7 Å². The summed E-state index contributed by atoms with van der Waals surface area (Å²) in [6.45, 7) is 2.80. The van der Waals surface area contributed by atoms with Crippen molar-refractivity contribution in [2.75, 3.05) is 18.0 Å². The van der Waals surface area contributed by atoms with E-state index in [9.17, 15) is 21.6 Å². The van der Waals surface area contributed by atoms with Crippen molar-refractivity contribution in [2.45, 2.75) is 25.6 Å². The summed E-state index contributed by atoms with van der Waals surface area (Å²) < 4.78 is 65.0. The predicted molar refractivity (Wildman–Crippen MR) is 102 cm³/mol. The Balaban J connectivity index is 1.59. The molecule has 0 amide bonds. The van der Waals surface area contributed by atoms with Crippen molar-refractivity contribution < 1.29 is 21.6 Å². The highest BCUT2D eigenvalue weighted by Crippen LogP contribution is 2.30. The zero-order chi connectivity index (χ0) is 20.4. The van der Waals surface area contributed by atoms with Gasteiger partial charge in [-0.05, 0) is 37.1 Å². The number of aryl methyl sites for hydroxylation is 1. The van der Waals surface area contributed by atoms with E-state index in [1.54, 1.807) is 4.90 Å². The molecule has 1 saturated heterocycles. The third-order valence-electron chi connectivity index (χ3n) is 4.44. The van der Waals surface area contributed by atoms with Crippen LogP contribution in [-0.4, -0.2) is 32.5 Å². The minimum Gasteiger partial charge on any atom is -0.355 e. The van der Waals surface area contributed by atoms with Crippen molar-refractivity contribution in [2.24, 2.45) is 0 Å². The van der Waals surface area contributed by atoms with Gasteiger partial charge >= 0.3 is 6.18 Å². The highest BCUT2D eigenvalue weighted by Gasteiger charge is 2.31. The Kier molecular flexibility index (Phi) is 5.76. The van der Waals surface area contributed by atoms with Crippen LogP contribution in [0.3, 0.4) is 0 Å². The highest BCUT2D eigenvalue weighted by molar-refractivity contribution is 7.92. The first-order valence-corrected chi connectivity index (χ1v) is 10.2. The highest BCUT2D eigenvalue weighted by atomic mass is 32.2. The molecule has 1 fully saturated rings. The van der Waals surface area contributed by atoms with E-state index in [1.807, 2.05) is 31.2 Å². The zero-order valence-corrected chi connectivity index (χ0v) is 16.0. The van der Waals surface area contributed by atoms with Crippen LogP contribution in [0, 0.1) is 6.92 Å². The molecule has 5 nitrogen and oxygen atoms in total. The van der Waals surface area contributed by atoms with Crippen LogP contribution >= 0.6 is 0 Å². The molecule has 0 bridgehead atoms. The Morgan fingerprint density at radius 3 is 2.50 bits per heavy atom. The quantitative estimate of drug-likeness (QED) is 0.817. The molecule has 1 aromatic heterocycles. The van der Waals surface area contributed by atoms with E-state index in [0.717, 1.165) is 28.8 Å². The van der Waals surface area contributed by atoms with Crippen LogP contribution in [0.15, 0.2) is 48.0 Å². The topological polar surface area (TPSA) is 62.3 Å². The molecular formula is C19H20F3N3O2S. The second kappa shape index (κ2) is 7.92. The van der Waals surface area contributed by atoms with Gasteiger partial charge in [-0.25, -0.2) is 18.1 Å². The first kappa shape index (κ1) is 20.3. The average molecular weight is 411 g/mol. The van der Waals surface area contributed by atoms with E-state index in [2.05, 4.69) is 9.71 Å². The molecule has 150 valence electrons. The van der Waals surface area contributed by atoms with Crippen molar-refractivity contribution in [3.05, 3.63) is 64.7 Å². The third-order valence-corrected chi connectivity index (χ3v) is 5.59. The van der Waals surface area contributed by atoms with Gasteiger partial charge in [-0.3, -0.25) is 0 Å². The molecule has 1 unspecified atom stereocenters. The molecule has 1 aliphatic rings. The summed E-state index contributed by atoms with van der Waals surface area (Å²) in [5, 5.41) is 1.12.